The molecule has 0 unspecified atom stereocenters. The first-order chi connectivity index (χ1) is 12.1. The molecule has 0 radical (unpaired) electrons. The molecule has 2 aromatic rings. The van der Waals surface area contributed by atoms with Crippen molar-refractivity contribution >= 4 is 17.6 Å². The molecule has 7 heteroatoms. The van der Waals surface area contributed by atoms with Gasteiger partial charge in [-0.25, -0.2) is 9.18 Å². The molecule has 6 nitrogen and oxygen atoms in total. The van der Waals surface area contributed by atoms with Gasteiger partial charge in [0.1, 0.15) is 5.82 Å². The number of ether oxygens (including phenoxy) is 3. The van der Waals surface area contributed by atoms with Crippen molar-refractivity contribution in [1.82, 2.24) is 0 Å². The van der Waals surface area contributed by atoms with Crippen LogP contribution in [0.15, 0.2) is 48.5 Å². The first-order valence-electron chi connectivity index (χ1n) is 7.64. The summed E-state index contributed by atoms with van der Waals surface area (Å²) in [5.41, 5.74) is 0.281. The Bertz CT molecular complexity index is 735. The third kappa shape index (κ3) is 6.14. The van der Waals surface area contributed by atoms with E-state index < -0.39 is 24.3 Å². The zero-order valence-electron chi connectivity index (χ0n) is 13.7. The lowest BCUT2D eigenvalue weighted by atomic mass is 10.3. The highest BCUT2D eigenvalue weighted by molar-refractivity contribution is 5.92. The van der Waals surface area contributed by atoms with Crippen molar-refractivity contribution < 1.29 is 28.2 Å². The minimum Gasteiger partial charge on any atom is -0.490 e. The number of anilines is 1. The maximum Gasteiger partial charge on any atom is 0.344 e. The normalized spacial score (nSPS) is 10.0. The molecule has 25 heavy (non-hydrogen) atoms. The van der Waals surface area contributed by atoms with Crippen molar-refractivity contribution in [2.24, 2.45) is 0 Å². The van der Waals surface area contributed by atoms with E-state index in [1.54, 1.807) is 24.3 Å². The van der Waals surface area contributed by atoms with E-state index in [0.717, 1.165) is 6.07 Å². The Morgan fingerprint density at radius 1 is 1.00 bits per heavy atom. The van der Waals surface area contributed by atoms with E-state index in [2.05, 4.69) is 5.32 Å². The molecule has 1 N–H and O–H groups in total. The van der Waals surface area contributed by atoms with Crippen LogP contribution in [0.3, 0.4) is 0 Å². The molecule has 0 spiro atoms. The highest BCUT2D eigenvalue weighted by Gasteiger charge is 2.11. The maximum absolute atomic E-state index is 13.0. The molecule has 0 fully saturated rings. The standard InChI is InChI=1S/C18H18FNO5/c1-2-23-15-8-3-4-9-16(15)24-12-18(22)25-11-17(21)20-14-7-5-6-13(19)10-14/h3-10H,2,11-12H2,1H3,(H,20,21). The predicted molar refractivity (Wildman–Crippen MR) is 89.1 cm³/mol. The predicted octanol–water partition coefficient (Wildman–Crippen LogP) is 2.79. The van der Waals surface area contributed by atoms with Crippen molar-refractivity contribution in [1.29, 1.82) is 0 Å². The van der Waals surface area contributed by atoms with Crippen LogP contribution in [0.4, 0.5) is 10.1 Å². The number of amides is 1. The Morgan fingerprint density at radius 3 is 2.40 bits per heavy atom. The lowest BCUT2D eigenvalue weighted by Crippen LogP contribution is -2.23. The molecule has 0 heterocycles. The van der Waals surface area contributed by atoms with Gasteiger partial charge in [0.25, 0.3) is 5.91 Å². The second-order valence-corrected chi connectivity index (χ2v) is 4.89. The quantitative estimate of drug-likeness (QED) is 0.743. The van der Waals surface area contributed by atoms with Gasteiger partial charge in [-0.15, -0.1) is 0 Å². The summed E-state index contributed by atoms with van der Waals surface area (Å²) in [5.74, 6) is -0.835. The van der Waals surface area contributed by atoms with Gasteiger partial charge in [-0.1, -0.05) is 18.2 Å². The summed E-state index contributed by atoms with van der Waals surface area (Å²) in [6, 6.07) is 12.3. The molecule has 0 aromatic heterocycles. The molecule has 0 bridgehead atoms. The van der Waals surface area contributed by atoms with E-state index >= 15 is 0 Å². The van der Waals surface area contributed by atoms with Gasteiger partial charge < -0.3 is 19.5 Å². The molecule has 0 saturated heterocycles. The number of rotatable bonds is 8. The number of carbonyl (C=O) groups excluding carboxylic acids is 2. The summed E-state index contributed by atoms with van der Waals surface area (Å²) in [6.07, 6.45) is 0. The van der Waals surface area contributed by atoms with E-state index in [-0.39, 0.29) is 12.3 Å². The van der Waals surface area contributed by atoms with Crippen LogP contribution in [0.1, 0.15) is 6.92 Å². The third-order valence-corrected chi connectivity index (χ3v) is 2.97. The van der Waals surface area contributed by atoms with Crippen molar-refractivity contribution in [2.45, 2.75) is 6.92 Å². The van der Waals surface area contributed by atoms with E-state index in [9.17, 15) is 14.0 Å². The zero-order chi connectivity index (χ0) is 18.1. The SMILES string of the molecule is CCOc1ccccc1OCC(=O)OCC(=O)Nc1cccc(F)c1. The number of hydrogen-bond donors (Lipinski definition) is 1. The van der Waals surface area contributed by atoms with Gasteiger partial charge in [0.2, 0.25) is 0 Å². The summed E-state index contributed by atoms with van der Waals surface area (Å²) in [6.45, 7) is 1.44. The molecule has 0 aliphatic heterocycles. The smallest absolute Gasteiger partial charge is 0.344 e. The van der Waals surface area contributed by atoms with Crippen molar-refractivity contribution in [2.75, 3.05) is 25.1 Å². The van der Waals surface area contributed by atoms with Crippen LogP contribution in [0.25, 0.3) is 0 Å². The Labute approximate surface area is 144 Å². The molecule has 132 valence electrons. The average molecular weight is 347 g/mol. The Hall–Kier alpha value is -3.09. The molecule has 2 aromatic carbocycles. The molecule has 0 aliphatic carbocycles. The Balaban J connectivity index is 1.76. The number of hydrogen-bond acceptors (Lipinski definition) is 5. The molecule has 0 saturated carbocycles. The highest BCUT2D eigenvalue weighted by Crippen LogP contribution is 2.26. The van der Waals surface area contributed by atoms with E-state index in [1.165, 1.54) is 18.2 Å². The lowest BCUT2D eigenvalue weighted by Gasteiger charge is -2.11. The van der Waals surface area contributed by atoms with Crippen LogP contribution in [-0.2, 0) is 14.3 Å². The summed E-state index contributed by atoms with van der Waals surface area (Å²) >= 11 is 0. The minimum absolute atomic E-state index is 0.281. The Kier molecular flexibility index (Phi) is 6.76. The first-order valence-corrected chi connectivity index (χ1v) is 7.64. The van der Waals surface area contributed by atoms with Gasteiger partial charge in [0, 0.05) is 5.69 Å². The van der Waals surface area contributed by atoms with Gasteiger partial charge in [0.15, 0.2) is 24.7 Å². The number of halogens is 1. The second kappa shape index (κ2) is 9.27. The highest BCUT2D eigenvalue weighted by atomic mass is 19.1. The van der Waals surface area contributed by atoms with Crippen LogP contribution in [0, 0.1) is 5.82 Å². The fourth-order valence-corrected chi connectivity index (χ4v) is 1.93. The van der Waals surface area contributed by atoms with Crippen LogP contribution in [-0.4, -0.2) is 31.7 Å². The van der Waals surface area contributed by atoms with Gasteiger partial charge in [-0.2, -0.15) is 0 Å². The fourth-order valence-electron chi connectivity index (χ4n) is 1.93. The van der Waals surface area contributed by atoms with Crippen LogP contribution in [0.5, 0.6) is 11.5 Å². The molecule has 2 rings (SSSR count). The second-order valence-electron chi connectivity index (χ2n) is 4.89. The van der Waals surface area contributed by atoms with E-state index in [1.807, 2.05) is 6.92 Å². The lowest BCUT2D eigenvalue weighted by molar-refractivity contribution is -0.149. The van der Waals surface area contributed by atoms with Crippen molar-refractivity contribution in [3.05, 3.63) is 54.3 Å². The molecular weight excluding hydrogens is 329 g/mol. The van der Waals surface area contributed by atoms with E-state index in [4.69, 9.17) is 14.2 Å². The molecule has 0 aliphatic rings. The van der Waals surface area contributed by atoms with Crippen LogP contribution < -0.4 is 14.8 Å². The monoisotopic (exact) mass is 347 g/mol. The van der Waals surface area contributed by atoms with Crippen LogP contribution >= 0.6 is 0 Å². The third-order valence-electron chi connectivity index (χ3n) is 2.97. The fraction of sp³-hybridized carbons (Fsp3) is 0.222. The molecule has 0 atom stereocenters. The number of benzene rings is 2. The number of nitrogens with one attached hydrogen (secondary N) is 1. The van der Waals surface area contributed by atoms with Gasteiger partial charge in [-0.05, 0) is 37.3 Å². The first kappa shape index (κ1) is 18.3. The average Bonchev–Trinajstić information content (AvgIpc) is 2.59. The minimum atomic E-state index is -0.708. The summed E-state index contributed by atoms with van der Waals surface area (Å²) in [7, 11) is 0. The molecule has 1 amide bonds. The number of para-hydroxylation sites is 2. The van der Waals surface area contributed by atoms with Gasteiger partial charge in [-0.3, -0.25) is 4.79 Å². The zero-order valence-corrected chi connectivity index (χ0v) is 13.7. The van der Waals surface area contributed by atoms with Crippen LogP contribution in [0.2, 0.25) is 0 Å². The van der Waals surface area contributed by atoms with Gasteiger partial charge >= 0.3 is 5.97 Å². The molecular formula is C18H18FNO5. The van der Waals surface area contributed by atoms with E-state index in [0.29, 0.717) is 18.1 Å². The largest absolute Gasteiger partial charge is 0.490 e. The van der Waals surface area contributed by atoms with Crippen molar-refractivity contribution in [3.8, 4) is 11.5 Å². The Morgan fingerprint density at radius 2 is 1.72 bits per heavy atom. The summed E-state index contributed by atoms with van der Waals surface area (Å²) < 4.78 is 28.5. The topological polar surface area (TPSA) is 73.9 Å². The van der Waals surface area contributed by atoms with Gasteiger partial charge in [0.05, 0.1) is 6.61 Å². The maximum atomic E-state index is 13.0. The summed E-state index contributed by atoms with van der Waals surface area (Å²) in [5, 5.41) is 2.42. The summed E-state index contributed by atoms with van der Waals surface area (Å²) in [4.78, 5) is 23.3. The van der Waals surface area contributed by atoms with Crippen molar-refractivity contribution in [3.63, 3.8) is 0 Å². The number of carbonyl (C=O) groups is 2. The number of esters is 1.